The van der Waals surface area contributed by atoms with Crippen molar-refractivity contribution in [3.63, 3.8) is 0 Å². The van der Waals surface area contributed by atoms with Crippen LogP contribution in [0.5, 0.6) is 0 Å². The molecule has 3 aromatic rings. The molecule has 1 atom stereocenters. The zero-order valence-electron chi connectivity index (χ0n) is 17.3. The molecule has 3 rings (SSSR count). The van der Waals surface area contributed by atoms with Crippen LogP contribution in [0.25, 0.3) is 0 Å². The highest BCUT2D eigenvalue weighted by Gasteiger charge is 2.17. The predicted octanol–water partition coefficient (Wildman–Crippen LogP) is 4.74. The lowest BCUT2D eigenvalue weighted by Crippen LogP contribution is -2.27. The number of nitrogens with zero attached hydrogens (tertiary/aromatic N) is 1. The van der Waals surface area contributed by atoms with E-state index in [2.05, 4.69) is 28.5 Å². The van der Waals surface area contributed by atoms with E-state index < -0.39 is 9.84 Å². The zero-order valence-corrected chi connectivity index (χ0v) is 19.0. The third kappa shape index (κ3) is 5.29. The van der Waals surface area contributed by atoms with Gasteiger partial charge in [0.25, 0.3) is 5.91 Å². The van der Waals surface area contributed by atoms with Crippen molar-refractivity contribution in [1.29, 1.82) is 0 Å². The minimum absolute atomic E-state index is 0.226. The Morgan fingerprint density at radius 3 is 2.43 bits per heavy atom. The highest BCUT2D eigenvalue weighted by molar-refractivity contribution is 7.99. The van der Waals surface area contributed by atoms with Crippen LogP contribution in [-0.4, -0.2) is 25.6 Å². The average Bonchev–Trinajstić information content (AvgIpc) is 2.70. The van der Waals surface area contributed by atoms with Gasteiger partial charge in [-0.05, 0) is 67.8 Å². The molecule has 5 nitrogen and oxygen atoms in total. The molecule has 2 aromatic carbocycles. The van der Waals surface area contributed by atoms with Gasteiger partial charge in [0, 0.05) is 17.3 Å². The highest BCUT2D eigenvalue weighted by atomic mass is 32.2. The summed E-state index contributed by atoms with van der Waals surface area (Å²) in [5.74, 6) is -0.226. The van der Waals surface area contributed by atoms with Crippen LogP contribution in [0.1, 0.15) is 40.0 Å². The number of aromatic nitrogens is 1. The minimum atomic E-state index is -3.25. The molecule has 1 amide bonds. The number of hydrogen-bond donors (Lipinski definition) is 1. The molecular weight excluding hydrogens is 416 g/mol. The Morgan fingerprint density at radius 2 is 1.77 bits per heavy atom. The summed E-state index contributed by atoms with van der Waals surface area (Å²) >= 11 is 1.47. The largest absolute Gasteiger partial charge is 0.345 e. The van der Waals surface area contributed by atoms with Gasteiger partial charge in [-0.3, -0.25) is 4.79 Å². The predicted molar refractivity (Wildman–Crippen MR) is 120 cm³/mol. The van der Waals surface area contributed by atoms with Gasteiger partial charge in [0.15, 0.2) is 9.84 Å². The Bertz CT molecular complexity index is 1170. The van der Waals surface area contributed by atoms with E-state index >= 15 is 0 Å². The second-order valence-electron chi connectivity index (χ2n) is 7.26. The lowest BCUT2D eigenvalue weighted by molar-refractivity contribution is 0.0936. The molecule has 0 saturated carbocycles. The number of amides is 1. The fraction of sp³-hybridized carbons (Fsp3) is 0.217. The van der Waals surface area contributed by atoms with Crippen LogP contribution in [0.2, 0.25) is 0 Å². The SMILES string of the molecule is Cc1ccc(C)c(Sc2ncccc2C(=O)NC(C)c2ccc(S(C)(=O)=O)cc2)c1. The van der Waals surface area contributed by atoms with Crippen LogP contribution in [0.3, 0.4) is 0 Å². The molecule has 0 bridgehead atoms. The maximum atomic E-state index is 13.0. The lowest BCUT2D eigenvalue weighted by Gasteiger charge is -2.16. The van der Waals surface area contributed by atoms with Gasteiger partial charge >= 0.3 is 0 Å². The van der Waals surface area contributed by atoms with E-state index in [1.807, 2.05) is 20.8 Å². The number of sulfone groups is 1. The third-order valence-electron chi connectivity index (χ3n) is 4.72. The molecule has 30 heavy (non-hydrogen) atoms. The van der Waals surface area contributed by atoms with Crippen LogP contribution in [0, 0.1) is 13.8 Å². The van der Waals surface area contributed by atoms with E-state index in [9.17, 15) is 13.2 Å². The van der Waals surface area contributed by atoms with Crippen LogP contribution in [0.4, 0.5) is 0 Å². The van der Waals surface area contributed by atoms with Crippen LogP contribution < -0.4 is 5.32 Å². The number of aryl methyl sites for hydroxylation is 2. The summed E-state index contributed by atoms with van der Waals surface area (Å²) in [6.45, 7) is 5.93. The summed E-state index contributed by atoms with van der Waals surface area (Å²) < 4.78 is 23.3. The average molecular weight is 441 g/mol. The lowest BCUT2D eigenvalue weighted by atomic mass is 10.1. The van der Waals surface area contributed by atoms with Gasteiger partial charge in [0.1, 0.15) is 5.03 Å². The van der Waals surface area contributed by atoms with Gasteiger partial charge in [0.2, 0.25) is 0 Å². The van der Waals surface area contributed by atoms with Gasteiger partial charge < -0.3 is 5.32 Å². The molecule has 0 fully saturated rings. The number of nitrogens with one attached hydrogen (secondary N) is 1. The van der Waals surface area contributed by atoms with Crippen LogP contribution in [0.15, 0.2) is 75.6 Å². The third-order valence-corrected chi connectivity index (χ3v) is 7.03. The monoisotopic (exact) mass is 440 g/mol. The summed E-state index contributed by atoms with van der Waals surface area (Å²) in [5.41, 5.74) is 3.60. The van der Waals surface area contributed by atoms with Gasteiger partial charge in [0.05, 0.1) is 16.5 Å². The number of carbonyl (C=O) groups excluding carboxylic acids is 1. The van der Waals surface area contributed by atoms with Crippen LogP contribution in [-0.2, 0) is 9.84 Å². The highest BCUT2D eigenvalue weighted by Crippen LogP contribution is 2.32. The Hall–Kier alpha value is -2.64. The number of carbonyl (C=O) groups is 1. The Kier molecular flexibility index (Phi) is 6.63. The van der Waals surface area contributed by atoms with Gasteiger partial charge in [-0.1, -0.05) is 36.0 Å². The topological polar surface area (TPSA) is 76.1 Å². The second-order valence-corrected chi connectivity index (χ2v) is 10.3. The van der Waals surface area contributed by atoms with Crippen molar-refractivity contribution in [2.75, 3.05) is 6.26 Å². The van der Waals surface area contributed by atoms with Gasteiger partial charge in [-0.15, -0.1) is 0 Å². The minimum Gasteiger partial charge on any atom is -0.345 e. The quantitative estimate of drug-likeness (QED) is 0.599. The number of rotatable bonds is 6. The maximum Gasteiger partial charge on any atom is 0.254 e. The number of hydrogen-bond acceptors (Lipinski definition) is 5. The van der Waals surface area contributed by atoms with Crippen LogP contribution >= 0.6 is 11.8 Å². The van der Waals surface area contributed by atoms with E-state index in [-0.39, 0.29) is 16.8 Å². The Labute approximate surface area is 181 Å². The molecule has 0 radical (unpaired) electrons. The number of pyridine rings is 1. The summed E-state index contributed by atoms with van der Waals surface area (Å²) in [6.07, 6.45) is 2.85. The molecule has 0 aliphatic rings. The second kappa shape index (κ2) is 9.02. The first kappa shape index (κ1) is 22.1. The first-order valence-electron chi connectivity index (χ1n) is 9.46. The molecule has 1 unspecified atom stereocenters. The van der Waals surface area contributed by atoms with Crippen molar-refractivity contribution in [2.24, 2.45) is 0 Å². The summed E-state index contributed by atoms with van der Waals surface area (Å²) in [7, 11) is -3.25. The summed E-state index contributed by atoms with van der Waals surface area (Å²) in [5, 5.41) is 3.62. The molecular formula is C23H24N2O3S2. The molecule has 7 heteroatoms. The van der Waals surface area contributed by atoms with E-state index in [1.165, 1.54) is 18.0 Å². The molecule has 0 aliphatic carbocycles. The molecule has 1 N–H and O–H groups in total. The summed E-state index contributed by atoms with van der Waals surface area (Å²) in [4.78, 5) is 18.7. The summed E-state index contributed by atoms with van der Waals surface area (Å²) in [6, 6.07) is 16.0. The van der Waals surface area contributed by atoms with E-state index in [0.29, 0.717) is 10.6 Å². The Balaban J connectivity index is 1.79. The molecule has 0 spiro atoms. The van der Waals surface area contributed by atoms with Crippen molar-refractivity contribution in [3.05, 3.63) is 83.0 Å². The van der Waals surface area contributed by atoms with Crippen molar-refractivity contribution in [3.8, 4) is 0 Å². The van der Waals surface area contributed by atoms with Crippen molar-refractivity contribution < 1.29 is 13.2 Å². The fourth-order valence-corrected chi connectivity index (χ4v) is 4.62. The smallest absolute Gasteiger partial charge is 0.254 e. The first-order chi connectivity index (χ1) is 14.1. The number of benzene rings is 2. The molecule has 0 aliphatic heterocycles. The standard InChI is InChI=1S/C23H24N2O3S2/c1-15-7-8-16(2)21(14-15)29-23-20(6-5-13-24-23)22(26)25-17(3)18-9-11-19(12-10-18)30(4,27)28/h5-14,17H,1-4H3,(H,25,26). The molecule has 1 aromatic heterocycles. The molecule has 1 heterocycles. The zero-order chi connectivity index (χ0) is 21.9. The van der Waals surface area contributed by atoms with Crippen molar-refractivity contribution in [1.82, 2.24) is 10.3 Å². The Morgan fingerprint density at radius 1 is 1.07 bits per heavy atom. The fourth-order valence-electron chi connectivity index (χ4n) is 2.93. The van der Waals surface area contributed by atoms with E-state index in [1.54, 1.807) is 42.6 Å². The molecule has 156 valence electrons. The van der Waals surface area contributed by atoms with E-state index in [0.717, 1.165) is 21.6 Å². The normalized spacial score (nSPS) is 12.4. The maximum absolute atomic E-state index is 13.0. The van der Waals surface area contributed by atoms with E-state index in [4.69, 9.17) is 0 Å². The first-order valence-corrected chi connectivity index (χ1v) is 12.2. The van der Waals surface area contributed by atoms with Gasteiger partial charge in [-0.2, -0.15) is 0 Å². The molecule has 0 saturated heterocycles. The van der Waals surface area contributed by atoms with Crippen molar-refractivity contribution >= 4 is 27.5 Å². The van der Waals surface area contributed by atoms with Crippen molar-refractivity contribution in [2.45, 2.75) is 41.6 Å². The van der Waals surface area contributed by atoms with Gasteiger partial charge in [-0.25, -0.2) is 13.4 Å².